The van der Waals surface area contributed by atoms with Crippen LogP contribution in [-0.2, 0) is 0 Å². The number of carbonyl (C=O) groups excluding carboxylic acids is 1. The first kappa shape index (κ1) is 21.0. The lowest BCUT2D eigenvalue weighted by atomic mass is 10.1. The molecule has 3 rings (SSSR count). The molecule has 0 aliphatic carbocycles. The third kappa shape index (κ3) is 5.42. The Morgan fingerprint density at radius 1 is 1.21 bits per heavy atom. The van der Waals surface area contributed by atoms with Crippen molar-refractivity contribution in [1.29, 1.82) is 0 Å². The number of aliphatic hydroxyl groups excluding tert-OH is 1. The van der Waals surface area contributed by atoms with Crippen LogP contribution < -0.4 is 4.74 Å². The van der Waals surface area contributed by atoms with Gasteiger partial charge in [-0.25, -0.2) is 0 Å². The Bertz CT molecular complexity index is 972. The number of benzene rings is 2. The van der Waals surface area contributed by atoms with Crippen molar-refractivity contribution in [2.45, 2.75) is 38.5 Å². The second-order valence-electron chi connectivity index (χ2n) is 6.74. The molecule has 0 bridgehead atoms. The van der Waals surface area contributed by atoms with E-state index in [1.54, 1.807) is 28.9 Å². The smallest absolute Gasteiger partial charge is 0.214 e. The molecule has 8 heteroatoms. The maximum Gasteiger partial charge on any atom is 0.214 e. The van der Waals surface area contributed by atoms with Gasteiger partial charge in [0.25, 0.3) is 0 Å². The molecule has 0 saturated heterocycles. The molecular weight excluding hydrogens is 388 g/mol. The molecular formula is C21H24N4O3S. The molecule has 0 spiro atoms. The van der Waals surface area contributed by atoms with E-state index < -0.39 is 6.10 Å². The summed E-state index contributed by atoms with van der Waals surface area (Å²) in [4.78, 5) is 11.7. The molecule has 0 aliphatic rings. The Hall–Kier alpha value is -2.71. The summed E-state index contributed by atoms with van der Waals surface area (Å²) in [5.41, 5.74) is 3.77. The van der Waals surface area contributed by atoms with Crippen LogP contribution in [-0.4, -0.2) is 49.6 Å². The fourth-order valence-electron chi connectivity index (χ4n) is 2.72. The molecule has 1 N–H and O–H groups in total. The zero-order chi connectivity index (χ0) is 20.8. The van der Waals surface area contributed by atoms with E-state index in [0.717, 1.165) is 16.8 Å². The summed E-state index contributed by atoms with van der Waals surface area (Å²) in [5.74, 6) is 1.09. The van der Waals surface area contributed by atoms with E-state index in [1.165, 1.54) is 11.8 Å². The van der Waals surface area contributed by atoms with Gasteiger partial charge in [0.1, 0.15) is 12.4 Å². The number of aliphatic hydroxyl groups is 1. The van der Waals surface area contributed by atoms with E-state index in [9.17, 15) is 9.90 Å². The lowest BCUT2D eigenvalue weighted by molar-refractivity contribution is 0.0987. The molecule has 0 aliphatic heterocycles. The number of Topliss-reactive ketones (excluding diaryl/α,β-unsaturated/α-hetero) is 1. The molecule has 0 fully saturated rings. The first-order valence-electron chi connectivity index (χ1n) is 9.41. The molecule has 3 aromatic rings. The molecule has 1 heterocycles. The van der Waals surface area contributed by atoms with Gasteiger partial charge in [0, 0.05) is 17.7 Å². The maximum atomic E-state index is 11.7. The standard InChI is InChI=1S/C21H24N4O3S/c1-4-20(27)16-7-9-18(10-8-16)28-12-17(26)13-29-21-22-23-24-25(21)19-11-14(2)5-6-15(19)3/h5-11,17,26H,4,12-13H2,1-3H3/t17-/m1/s1. The van der Waals surface area contributed by atoms with E-state index in [-0.39, 0.29) is 12.4 Å². The van der Waals surface area contributed by atoms with Crippen LogP contribution in [0.1, 0.15) is 34.8 Å². The number of tetrazole rings is 1. The topological polar surface area (TPSA) is 90.1 Å². The normalized spacial score (nSPS) is 12.0. The summed E-state index contributed by atoms with van der Waals surface area (Å²) in [6, 6.07) is 13.1. The number of nitrogens with zero attached hydrogens (tertiary/aromatic N) is 4. The van der Waals surface area contributed by atoms with E-state index in [4.69, 9.17) is 4.74 Å². The summed E-state index contributed by atoms with van der Waals surface area (Å²) in [6.45, 7) is 6.00. The Labute approximate surface area is 174 Å². The van der Waals surface area contributed by atoms with Crippen LogP contribution in [0.25, 0.3) is 5.69 Å². The minimum absolute atomic E-state index is 0.0922. The van der Waals surface area contributed by atoms with Gasteiger partial charge in [0.2, 0.25) is 5.16 Å². The zero-order valence-corrected chi connectivity index (χ0v) is 17.5. The van der Waals surface area contributed by atoms with Crippen molar-refractivity contribution in [3.05, 3.63) is 59.2 Å². The Kier molecular flexibility index (Phi) is 7.00. The SMILES string of the molecule is CCC(=O)c1ccc(OC[C@@H](O)CSc2nnnn2-c2cc(C)ccc2C)cc1. The minimum atomic E-state index is -0.694. The number of ether oxygens (including phenoxy) is 1. The summed E-state index contributed by atoms with van der Waals surface area (Å²) in [5, 5.41) is 22.8. The molecule has 0 amide bonds. The van der Waals surface area contributed by atoms with Gasteiger partial charge in [-0.3, -0.25) is 4.79 Å². The highest BCUT2D eigenvalue weighted by atomic mass is 32.2. The monoisotopic (exact) mass is 412 g/mol. The Morgan fingerprint density at radius 2 is 1.97 bits per heavy atom. The number of rotatable bonds is 9. The predicted molar refractivity (Wildman–Crippen MR) is 112 cm³/mol. The van der Waals surface area contributed by atoms with Crippen molar-refractivity contribution in [3.8, 4) is 11.4 Å². The fourth-order valence-corrected chi connectivity index (χ4v) is 3.51. The number of aryl methyl sites for hydroxylation is 2. The largest absolute Gasteiger partial charge is 0.491 e. The summed E-state index contributed by atoms with van der Waals surface area (Å²) >= 11 is 1.37. The highest BCUT2D eigenvalue weighted by Crippen LogP contribution is 2.22. The van der Waals surface area contributed by atoms with Gasteiger partial charge in [-0.1, -0.05) is 30.8 Å². The average Bonchev–Trinajstić information content (AvgIpc) is 3.20. The van der Waals surface area contributed by atoms with Gasteiger partial charge in [-0.2, -0.15) is 4.68 Å². The van der Waals surface area contributed by atoms with Crippen LogP contribution in [0.3, 0.4) is 0 Å². The predicted octanol–water partition coefficient (Wildman–Crippen LogP) is 3.40. The molecule has 7 nitrogen and oxygen atoms in total. The third-order valence-electron chi connectivity index (χ3n) is 4.38. The number of hydrogen-bond donors (Lipinski definition) is 1. The number of thioether (sulfide) groups is 1. The van der Waals surface area contributed by atoms with Crippen molar-refractivity contribution in [2.24, 2.45) is 0 Å². The van der Waals surface area contributed by atoms with E-state index >= 15 is 0 Å². The summed E-state index contributed by atoms with van der Waals surface area (Å²) < 4.78 is 7.31. The van der Waals surface area contributed by atoms with Crippen LogP contribution in [0, 0.1) is 13.8 Å². The third-order valence-corrected chi connectivity index (χ3v) is 5.44. The van der Waals surface area contributed by atoms with E-state index in [1.807, 2.05) is 39.0 Å². The summed E-state index contributed by atoms with van der Waals surface area (Å²) in [6.07, 6.45) is -0.224. The fraction of sp³-hybridized carbons (Fsp3) is 0.333. The molecule has 0 saturated carbocycles. The molecule has 0 radical (unpaired) electrons. The molecule has 1 atom stereocenters. The zero-order valence-electron chi connectivity index (χ0n) is 16.7. The highest BCUT2D eigenvalue weighted by molar-refractivity contribution is 7.99. The number of ketones is 1. The van der Waals surface area contributed by atoms with Gasteiger partial charge < -0.3 is 9.84 Å². The maximum absolute atomic E-state index is 11.7. The number of carbonyl (C=O) groups is 1. The first-order valence-corrected chi connectivity index (χ1v) is 10.4. The van der Waals surface area contributed by atoms with Gasteiger partial charge in [0.15, 0.2) is 5.78 Å². The molecule has 1 aromatic heterocycles. The second kappa shape index (κ2) is 9.67. The van der Waals surface area contributed by atoms with Crippen molar-refractivity contribution in [2.75, 3.05) is 12.4 Å². The average molecular weight is 413 g/mol. The number of hydrogen-bond acceptors (Lipinski definition) is 7. The van der Waals surface area contributed by atoms with Crippen molar-refractivity contribution < 1.29 is 14.6 Å². The van der Waals surface area contributed by atoms with Gasteiger partial charge in [-0.05, 0) is 65.7 Å². The molecule has 2 aromatic carbocycles. The van der Waals surface area contributed by atoms with Crippen LogP contribution in [0.4, 0.5) is 0 Å². The molecule has 29 heavy (non-hydrogen) atoms. The lowest BCUT2D eigenvalue weighted by Crippen LogP contribution is -2.20. The second-order valence-corrected chi connectivity index (χ2v) is 7.73. The van der Waals surface area contributed by atoms with Crippen molar-refractivity contribution >= 4 is 17.5 Å². The molecule has 0 unspecified atom stereocenters. The molecule has 152 valence electrons. The van der Waals surface area contributed by atoms with Crippen LogP contribution in [0.2, 0.25) is 0 Å². The van der Waals surface area contributed by atoms with Crippen molar-refractivity contribution in [3.63, 3.8) is 0 Å². The first-order chi connectivity index (χ1) is 14.0. The Morgan fingerprint density at radius 3 is 2.69 bits per heavy atom. The van der Waals surface area contributed by atoms with E-state index in [0.29, 0.717) is 28.6 Å². The van der Waals surface area contributed by atoms with Crippen LogP contribution in [0.5, 0.6) is 5.75 Å². The van der Waals surface area contributed by atoms with Gasteiger partial charge in [-0.15, -0.1) is 5.10 Å². The Balaban J connectivity index is 1.55. The van der Waals surface area contributed by atoms with Crippen LogP contribution >= 0.6 is 11.8 Å². The lowest BCUT2D eigenvalue weighted by Gasteiger charge is -2.13. The minimum Gasteiger partial charge on any atom is -0.491 e. The summed E-state index contributed by atoms with van der Waals surface area (Å²) in [7, 11) is 0. The van der Waals surface area contributed by atoms with Gasteiger partial charge >= 0.3 is 0 Å². The number of aromatic nitrogens is 4. The quantitative estimate of drug-likeness (QED) is 0.425. The highest BCUT2D eigenvalue weighted by Gasteiger charge is 2.14. The van der Waals surface area contributed by atoms with E-state index in [2.05, 4.69) is 15.5 Å². The van der Waals surface area contributed by atoms with Crippen molar-refractivity contribution in [1.82, 2.24) is 20.2 Å². The van der Waals surface area contributed by atoms with Gasteiger partial charge in [0.05, 0.1) is 11.8 Å². The van der Waals surface area contributed by atoms with Crippen LogP contribution in [0.15, 0.2) is 47.6 Å².